The summed E-state index contributed by atoms with van der Waals surface area (Å²) in [7, 11) is 0. The highest BCUT2D eigenvalue weighted by molar-refractivity contribution is 14.1. The Morgan fingerprint density at radius 3 is 2.25 bits per heavy atom. The first-order chi connectivity index (χ1) is 9.31. The van der Waals surface area contributed by atoms with Gasteiger partial charge in [-0.15, -0.1) is 0 Å². The third kappa shape index (κ3) is 4.99. The molecule has 0 amide bonds. The van der Waals surface area contributed by atoms with Crippen LogP contribution in [0.25, 0.3) is 0 Å². The van der Waals surface area contributed by atoms with Crippen molar-refractivity contribution in [2.24, 2.45) is 0 Å². The third-order valence-electron chi connectivity index (χ3n) is 2.34. The summed E-state index contributed by atoms with van der Waals surface area (Å²) in [5.74, 6) is -1.54. The molecule has 0 aromatic carbocycles. The molecule has 0 N–H and O–H groups in total. The number of carbonyl (C=O) groups excluding carboxylic acids is 3. The number of hydrogen-bond donors (Lipinski definition) is 0. The molecule has 7 nitrogen and oxygen atoms in total. The fourth-order valence-corrected chi connectivity index (χ4v) is 2.24. The molecular formula is C12H15IO7. The fourth-order valence-electron chi connectivity index (χ4n) is 1.61. The van der Waals surface area contributed by atoms with E-state index in [1.165, 1.54) is 27.0 Å². The highest BCUT2D eigenvalue weighted by atomic mass is 127. The normalized spacial score (nSPS) is 25.0. The largest absolute Gasteiger partial charge is 0.489 e. The monoisotopic (exact) mass is 398 g/mol. The summed E-state index contributed by atoms with van der Waals surface area (Å²) in [5, 5.41) is 0. The molecule has 112 valence electrons. The van der Waals surface area contributed by atoms with Gasteiger partial charge in [-0.25, -0.2) is 0 Å². The van der Waals surface area contributed by atoms with Crippen LogP contribution >= 0.6 is 22.6 Å². The van der Waals surface area contributed by atoms with Gasteiger partial charge in [0.15, 0.2) is 18.3 Å². The number of rotatable bonds is 4. The molecule has 20 heavy (non-hydrogen) atoms. The van der Waals surface area contributed by atoms with E-state index in [1.807, 2.05) is 22.6 Å². The lowest BCUT2D eigenvalue weighted by molar-refractivity contribution is -0.179. The van der Waals surface area contributed by atoms with Crippen LogP contribution in [0.2, 0.25) is 0 Å². The predicted octanol–water partition coefficient (Wildman–Crippen LogP) is 1.09. The minimum atomic E-state index is -0.868. The second-order valence-corrected chi connectivity index (χ2v) is 5.33. The van der Waals surface area contributed by atoms with Crippen LogP contribution in [0, 0.1) is 0 Å². The molecule has 0 spiro atoms. The number of hydrogen-bond acceptors (Lipinski definition) is 7. The van der Waals surface area contributed by atoms with Crippen molar-refractivity contribution < 1.29 is 33.3 Å². The van der Waals surface area contributed by atoms with Gasteiger partial charge in [-0.1, -0.05) is 0 Å². The second kappa shape index (κ2) is 7.46. The van der Waals surface area contributed by atoms with Crippen LogP contribution in [-0.4, -0.2) is 42.8 Å². The first-order valence-corrected chi connectivity index (χ1v) is 6.88. The predicted molar refractivity (Wildman–Crippen MR) is 74.7 cm³/mol. The fraction of sp³-hybridized carbons (Fsp3) is 0.583. The second-order valence-electron chi connectivity index (χ2n) is 4.08. The van der Waals surface area contributed by atoms with E-state index in [0.717, 1.165) is 0 Å². The van der Waals surface area contributed by atoms with Crippen molar-refractivity contribution in [2.75, 3.05) is 6.61 Å². The van der Waals surface area contributed by atoms with Crippen molar-refractivity contribution in [1.82, 2.24) is 0 Å². The quantitative estimate of drug-likeness (QED) is 0.398. The van der Waals surface area contributed by atoms with E-state index in [0.29, 0.717) is 3.58 Å². The van der Waals surface area contributed by atoms with Crippen LogP contribution in [0.15, 0.2) is 9.84 Å². The van der Waals surface area contributed by atoms with Crippen molar-refractivity contribution in [2.45, 2.75) is 39.1 Å². The Balaban J connectivity index is 2.90. The average molecular weight is 398 g/mol. The van der Waals surface area contributed by atoms with Gasteiger partial charge in [0.1, 0.15) is 6.61 Å². The maximum atomic E-state index is 11.2. The molecule has 0 aromatic rings. The lowest BCUT2D eigenvalue weighted by Crippen LogP contribution is -2.48. The highest BCUT2D eigenvalue weighted by Crippen LogP contribution is 2.29. The van der Waals surface area contributed by atoms with Crippen LogP contribution in [0.5, 0.6) is 0 Å². The van der Waals surface area contributed by atoms with Crippen LogP contribution in [-0.2, 0) is 33.3 Å². The van der Waals surface area contributed by atoms with Gasteiger partial charge in [0.2, 0.25) is 0 Å². The van der Waals surface area contributed by atoms with Crippen LogP contribution in [0.3, 0.4) is 0 Å². The summed E-state index contributed by atoms with van der Waals surface area (Å²) in [4.78, 5) is 33.2. The standard InChI is InChI=1S/C12H15IO7/c1-6(14)17-5-10-12(20-8(3)16)11(19-7(2)15)9(13)4-18-10/h4,10-12H,5H2,1-3H3/t10?,11-,12-/m1/s1. The van der Waals surface area contributed by atoms with Crippen LogP contribution in [0.4, 0.5) is 0 Å². The summed E-state index contributed by atoms with van der Waals surface area (Å²) in [6, 6.07) is 0. The molecule has 0 aliphatic carbocycles. The molecular weight excluding hydrogens is 383 g/mol. The zero-order valence-electron chi connectivity index (χ0n) is 11.3. The van der Waals surface area contributed by atoms with Crippen LogP contribution in [0.1, 0.15) is 20.8 Å². The zero-order valence-corrected chi connectivity index (χ0v) is 13.4. The van der Waals surface area contributed by atoms with Gasteiger partial charge in [-0.3, -0.25) is 14.4 Å². The van der Waals surface area contributed by atoms with Crippen molar-refractivity contribution in [3.63, 3.8) is 0 Å². The molecule has 0 aromatic heterocycles. The molecule has 0 saturated carbocycles. The van der Waals surface area contributed by atoms with Gasteiger partial charge in [-0.05, 0) is 22.6 Å². The van der Waals surface area contributed by atoms with E-state index in [9.17, 15) is 14.4 Å². The van der Waals surface area contributed by atoms with Gasteiger partial charge >= 0.3 is 17.9 Å². The van der Waals surface area contributed by atoms with E-state index in [2.05, 4.69) is 0 Å². The van der Waals surface area contributed by atoms with Gasteiger partial charge in [0.05, 0.1) is 9.84 Å². The maximum absolute atomic E-state index is 11.2. The molecule has 1 aliphatic rings. The summed E-state index contributed by atoms with van der Waals surface area (Å²) in [6.07, 6.45) is -0.980. The lowest BCUT2D eigenvalue weighted by atomic mass is 10.1. The molecule has 0 saturated heterocycles. The molecule has 1 rings (SSSR count). The Hall–Kier alpha value is -1.32. The topological polar surface area (TPSA) is 88.1 Å². The Morgan fingerprint density at radius 2 is 1.75 bits per heavy atom. The molecule has 8 heteroatoms. The zero-order chi connectivity index (χ0) is 15.3. The van der Waals surface area contributed by atoms with Gasteiger partial charge in [0, 0.05) is 20.8 Å². The van der Waals surface area contributed by atoms with E-state index in [1.54, 1.807) is 0 Å². The summed E-state index contributed by atoms with van der Waals surface area (Å²) < 4.78 is 21.1. The van der Waals surface area contributed by atoms with E-state index >= 15 is 0 Å². The van der Waals surface area contributed by atoms with Gasteiger partial charge < -0.3 is 18.9 Å². The van der Waals surface area contributed by atoms with E-state index in [4.69, 9.17) is 18.9 Å². The first-order valence-electron chi connectivity index (χ1n) is 5.80. The molecule has 1 aliphatic heterocycles. The summed E-state index contributed by atoms with van der Waals surface area (Å²) in [6.45, 7) is 3.64. The third-order valence-corrected chi connectivity index (χ3v) is 3.21. The Labute approximate surface area is 129 Å². The van der Waals surface area contributed by atoms with E-state index in [-0.39, 0.29) is 6.61 Å². The SMILES string of the molecule is CC(=O)OCC1OC=C(I)[C@@H](OC(C)=O)[C@@H]1OC(C)=O. The minimum Gasteiger partial charge on any atom is -0.489 e. The van der Waals surface area contributed by atoms with Crippen molar-refractivity contribution in [1.29, 1.82) is 0 Å². The average Bonchev–Trinajstić information content (AvgIpc) is 2.31. The summed E-state index contributed by atoms with van der Waals surface area (Å²) >= 11 is 1.93. The van der Waals surface area contributed by atoms with Crippen molar-refractivity contribution in [3.05, 3.63) is 9.84 Å². The highest BCUT2D eigenvalue weighted by Gasteiger charge is 2.41. The number of halogens is 1. The number of carbonyl (C=O) groups is 3. The molecule has 3 atom stereocenters. The van der Waals surface area contributed by atoms with Crippen LogP contribution < -0.4 is 0 Å². The Kier molecular flexibility index (Phi) is 6.24. The molecule has 1 unspecified atom stereocenters. The smallest absolute Gasteiger partial charge is 0.303 e. The molecule has 0 bridgehead atoms. The van der Waals surface area contributed by atoms with Crippen molar-refractivity contribution >= 4 is 40.5 Å². The molecule has 1 heterocycles. The lowest BCUT2D eigenvalue weighted by Gasteiger charge is -2.34. The maximum Gasteiger partial charge on any atom is 0.303 e. The summed E-state index contributed by atoms with van der Waals surface area (Å²) in [5.41, 5.74) is 0. The molecule has 0 fully saturated rings. The molecule has 0 radical (unpaired) electrons. The van der Waals surface area contributed by atoms with Gasteiger partial charge in [0.25, 0.3) is 0 Å². The van der Waals surface area contributed by atoms with Crippen molar-refractivity contribution in [3.8, 4) is 0 Å². The van der Waals surface area contributed by atoms with E-state index < -0.39 is 36.2 Å². The van der Waals surface area contributed by atoms with Gasteiger partial charge in [-0.2, -0.15) is 0 Å². The number of esters is 3. The first kappa shape index (κ1) is 16.7. The Bertz CT molecular complexity index is 432. The Morgan fingerprint density at radius 1 is 1.15 bits per heavy atom. The number of ether oxygens (including phenoxy) is 4. The minimum absolute atomic E-state index is 0.106.